The molecule has 0 heterocycles. The van der Waals surface area contributed by atoms with Crippen LogP contribution in [0, 0.1) is 11.7 Å². The Balaban J connectivity index is 2.36. The minimum Gasteiger partial charge on any atom is -0.491 e. The third-order valence-corrected chi connectivity index (χ3v) is 2.18. The van der Waals surface area contributed by atoms with Crippen LogP contribution in [0.4, 0.5) is 4.39 Å². The molecule has 0 aliphatic carbocycles. The van der Waals surface area contributed by atoms with E-state index in [0.29, 0.717) is 30.4 Å². The van der Waals surface area contributed by atoms with Crippen molar-refractivity contribution in [1.29, 1.82) is 0 Å². The maximum atomic E-state index is 12.9. The highest BCUT2D eigenvalue weighted by Gasteiger charge is 2.03. The number of hydrogen-bond acceptors (Lipinski definition) is 3. The quantitative estimate of drug-likeness (QED) is 0.745. The summed E-state index contributed by atoms with van der Waals surface area (Å²) in [5.41, 5.74) is 6.19. The summed E-state index contributed by atoms with van der Waals surface area (Å²) in [7, 11) is 0. The monoisotopic (exact) mass is 241 g/mol. The predicted molar refractivity (Wildman–Crippen MR) is 65.4 cm³/mol. The number of hydrogen-bond donors (Lipinski definition) is 1. The number of halogens is 1. The molecule has 0 fully saturated rings. The Hall–Kier alpha value is -1.13. The zero-order valence-electron chi connectivity index (χ0n) is 10.4. The second kappa shape index (κ2) is 7.25. The lowest BCUT2D eigenvalue weighted by atomic mass is 10.2. The Morgan fingerprint density at radius 2 is 2.06 bits per heavy atom. The fourth-order valence-corrected chi connectivity index (χ4v) is 1.38. The summed E-state index contributed by atoms with van der Waals surface area (Å²) < 4.78 is 23.8. The maximum Gasteiger partial charge on any atom is 0.124 e. The molecule has 0 saturated heterocycles. The molecule has 0 unspecified atom stereocenters. The van der Waals surface area contributed by atoms with Crippen LogP contribution < -0.4 is 10.5 Å². The molecule has 0 aromatic heterocycles. The van der Waals surface area contributed by atoms with Crippen molar-refractivity contribution in [3.63, 3.8) is 0 Å². The normalized spacial score (nSPS) is 10.9. The van der Waals surface area contributed by atoms with Gasteiger partial charge in [0.1, 0.15) is 18.2 Å². The smallest absolute Gasteiger partial charge is 0.124 e. The Bertz CT molecular complexity index is 342. The van der Waals surface area contributed by atoms with Crippen molar-refractivity contribution in [2.24, 2.45) is 11.7 Å². The van der Waals surface area contributed by atoms with Crippen molar-refractivity contribution in [3.8, 4) is 5.75 Å². The number of ether oxygens (including phenoxy) is 2. The van der Waals surface area contributed by atoms with E-state index in [2.05, 4.69) is 13.8 Å². The van der Waals surface area contributed by atoms with E-state index in [4.69, 9.17) is 15.2 Å². The summed E-state index contributed by atoms with van der Waals surface area (Å²) in [5, 5.41) is 0. The molecule has 1 rings (SSSR count). The van der Waals surface area contributed by atoms with Gasteiger partial charge in [0.25, 0.3) is 0 Å². The molecule has 0 atom stereocenters. The molecule has 3 nitrogen and oxygen atoms in total. The van der Waals surface area contributed by atoms with Gasteiger partial charge >= 0.3 is 0 Å². The molecule has 96 valence electrons. The van der Waals surface area contributed by atoms with Crippen molar-refractivity contribution in [3.05, 3.63) is 29.6 Å². The summed E-state index contributed by atoms with van der Waals surface area (Å²) >= 11 is 0. The molecule has 4 heteroatoms. The summed E-state index contributed by atoms with van der Waals surface area (Å²) in [6.45, 7) is 6.14. The van der Waals surface area contributed by atoms with Crippen LogP contribution in [0.1, 0.15) is 19.4 Å². The van der Waals surface area contributed by atoms with Crippen LogP contribution >= 0.6 is 0 Å². The van der Waals surface area contributed by atoms with Crippen molar-refractivity contribution >= 4 is 0 Å². The average molecular weight is 241 g/mol. The first-order valence-electron chi connectivity index (χ1n) is 5.82. The molecule has 0 saturated carbocycles. The molecule has 1 aromatic rings. The second-order valence-electron chi connectivity index (χ2n) is 4.27. The number of benzene rings is 1. The zero-order valence-corrected chi connectivity index (χ0v) is 10.4. The topological polar surface area (TPSA) is 44.5 Å². The predicted octanol–water partition coefficient (Wildman–Crippen LogP) is 2.34. The highest BCUT2D eigenvalue weighted by Crippen LogP contribution is 2.18. The van der Waals surface area contributed by atoms with Gasteiger partial charge in [0.2, 0.25) is 0 Å². The van der Waals surface area contributed by atoms with E-state index >= 15 is 0 Å². The van der Waals surface area contributed by atoms with Gasteiger partial charge in [0.05, 0.1) is 6.61 Å². The zero-order chi connectivity index (χ0) is 12.7. The van der Waals surface area contributed by atoms with E-state index < -0.39 is 0 Å². The molecule has 17 heavy (non-hydrogen) atoms. The van der Waals surface area contributed by atoms with E-state index in [1.165, 1.54) is 12.1 Å². The molecule has 0 aliphatic heterocycles. The van der Waals surface area contributed by atoms with Crippen LogP contribution in [0.5, 0.6) is 5.75 Å². The van der Waals surface area contributed by atoms with Crippen molar-refractivity contribution in [2.75, 3.05) is 19.8 Å². The number of nitrogens with two attached hydrogens (primary N) is 1. The highest BCUT2D eigenvalue weighted by molar-refractivity contribution is 5.33. The first kappa shape index (κ1) is 13.9. The van der Waals surface area contributed by atoms with E-state index in [1.54, 1.807) is 6.07 Å². The summed E-state index contributed by atoms with van der Waals surface area (Å²) in [6, 6.07) is 4.35. The van der Waals surface area contributed by atoms with E-state index in [1.807, 2.05) is 0 Å². The van der Waals surface area contributed by atoms with Gasteiger partial charge in [-0.15, -0.1) is 0 Å². The Morgan fingerprint density at radius 1 is 1.29 bits per heavy atom. The third kappa shape index (κ3) is 5.15. The van der Waals surface area contributed by atoms with Gasteiger partial charge < -0.3 is 15.2 Å². The lowest BCUT2D eigenvalue weighted by Gasteiger charge is -2.11. The molecule has 0 aliphatic rings. The van der Waals surface area contributed by atoms with Gasteiger partial charge in [-0.3, -0.25) is 0 Å². The van der Waals surface area contributed by atoms with E-state index in [-0.39, 0.29) is 12.4 Å². The van der Waals surface area contributed by atoms with E-state index in [0.717, 1.165) is 6.61 Å². The van der Waals surface area contributed by atoms with Gasteiger partial charge in [0, 0.05) is 18.7 Å². The molecule has 0 spiro atoms. The second-order valence-corrected chi connectivity index (χ2v) is 4.27. The lowest BCUT2D eigenvalue weighted by Crippen LogP contribution is -2.11. The Kier molecular flexibility index (Phi) is 5.94. The molecule has 1 aromatic carbocycles. The van der Waals surface area contributed by atoms with Crippen LogP contribution in [0.25, 0.3) is 0 Å². The fourth-order valence-electron chi connectivity index (χ4n) is 1.38. The first-order chi connectivity index (χ1) is 8.13. The molecule has 2 N–H and O–H groups in total. The minimum absolute atomic E-state index is 0.264. The third-order valence-electron chi connectivity index (χ3n) is 2.18. The van der Waals surface area contributed by atoms with Crippen molar-refractivity contribution < 1.29 is 13.9 Å². The standard InChI is InChI=1S/C13H20FNO2/c1-10(2)9-16-5-6-17-13-4-3-12(14)7-11(13)8-15/h3-4,7,10H,5-6,8-9,15H2,1-2H3. The van der Waals surface area contributed by atoms with Crippen LogP contribution in [0.3, 0.4) is 0 Å². The SMILES string of the molecule is CC(C)COCCOc1ccc(F)cc1CN. The highest BCUT2D eigenvalue weighted by atomic mass is 19.1. The van der Waals surface area contributed by atoms with Crippen LogP contribution in [0.15, 0.2) is 18.2 Å². The van der Waals surface area contributed by atoms with Gasteiger partial charge in [-0.1, -0.05) is 13.8 Å². The van der Waals surface area contributed by atoms with Crippen molar-refractivity contribution in [1.82, 2.24) is 0 Å². The molecule has 0 bridgehead atoms. The first-order valence-corrected chi connectivity index (χ1v) is 5.82. The van der Waals surface area contributed by atoms with Crippen molar-refractivity contribution in [2.45, 2.75) is 20.4 Å². The maximum absolute atomic E-state index is 12.9. The average Bonchev–Trinajstić information content (AvgIpc) is 2.29. The fraction of sp³-hybridized carbons (Fsp3) is 0.538. The van der Waals surface area contributed by atoms with E-state index in [9.17, 15) is 4.39 Å². The number of rotatable bonds is 7. The van der Waals surface area contributed by atoms with Crippen LogP contribution in [0.2, 0.25) is 0 Å². The van der Waals surface area contributed by atoms with Gasteiger partial charge in [0.15, 0.2) is 0 Å². The van der Waals surface area contributed by atoms with Crippen LogP contribution in [-0.2, 0) is 11.3 Å². The summed E-state index contributed by atoms with van der Waals surface area (Å²) in [6.07, 6.45) is 0. The Morgan fingerprint density at radius 3 is 2.71 bits per heavy atom. The lowest BCUT2D eigenvalue weighted by molar-refractivity contribution is 0.0816. The summed E-state index contributed by atoms with van der Waals surface area (Å²) in [5.74, 6) is 0.844. The summed E-state index contributed by atoms with van der Waals surface area (Å²) in [4.78, 5) is 0. The Labute approximate surface area is 102 Å². The largest absolute Gasteiger partial charge is 0.491 e. The van der Waals surface area contributed by atoms with Gasteiger partial charge in [-0.05, 0) is 24.1 Å². The molecular weight excluding hydrogens is 221 g/mol. The van der Waals surface area contributed by atoms with Crippen LogP contribution in [-0.4, -0.2) is 19.8 Å². The minimum atomic E-state index is -0.297. The molecule has 0 amide bonds. The van der Waals surface area contributed by atoms with Gasteiger partial charge in [-0.2, -0.15) is 0 Å². The van der Waals surface area contributed by atoms with Gasteiger partial charge in [-0.25, -0.2) is 4.39 Å². The molecular formula is C13H20FNO2. The molecule has 0 radical (unpaired) electrons.